The Kier molecular flexibility index (Phi) is 4.07. The molecule has 0 fully saturated rings. The number of nitrogens with one attached hydrogen (secondary N) is 2. The van der Waals surface area contributed by atoms with Gasteiger partial charge in [0.05, 0.1) is 0 Å². The molecule has 0 bridgehead atoms. The zero-order valence-electron chi connectivity index (χ0n) is 10.4. The highest BCUT2D eigenvalue weighted by atomic mass is 16.2. The second-order valence-corrected chi connectivity index (χ2v) is 4.88. The lowest BCUT2D eigenvalue weighted by molar-refractivity contribution is 0.0914. The van der Waals surface area contributed by atoms with Crippen LogP contribution < -0.4 is 10.9 Å². The van der Waals surface area contributed by atoms with Gasteiger partial charge in [0.2, 0.25) is 0 Å². The van der Waals surface area contributed by atoms with Gasteiger partial charge in [-0.15, -0.1) is 0 Å². The molecule has 0 spiro atoms. The van der Waals surface area contributed by atoms with Crippen molar-refractivity contribution in [2.45, 2.75) is 39.7 Å². The molecule has 0 aromatic heterocycles. The molecule has 3 nitrogen and oxygen atoms in total. The summed E-state index contributed by atoms with van der Waals surface area (Å²) in [4.78, 5) is 11.7. The summed E-state index contributed by atoms with van der Waals surface area (Å²) in [6, 6.07) is 7.65. The van der Waals surface area contributed by atoms with Crippen molar-refractivity contribution in [1.82, 2.24) is 10.9 Å². The number of amides is 1. The number of aryl methyl sites for hydroxylation is 1. The van der Waals surface area contributed by atoms with Crippen LogP contribution >= 0.6 is 0 Å². The maximum atomic E-state index is 11.7. The van der Waals surface area contributed by atoms with Gasteiger partial charge in [0.15, 0.2) is 0 Å². The largest absolute Gasteiger partial charge is 0.287 e. The first-order valence-electron chi connectivity index (χ1n) is 5.59. The Morgan fingerprint density at radius 2 is 1.75 bits per heavy atom. The van der Waals surface area contributed by atoms with Crippen LogP contribution in [0, 0.1) is 0 Å². The molecule has 0 heterocycles. The average Bonchev–Trinajstić information content (AvgIpc) is 2.25. The lowest BCUT2D eigenvalue weighted by Crippen LogP contribution is -2.48. The van der Waals surface area contributed by atoms with Gasteiger partial charge in [-0.25, -0.2) is 5.43 Å². The van der Waals surface area contributed by atoms with E-state index in [0.29, 0.717) is 5.56 Å². The van der Waals surface area contributed by atoms with E-state index in [9.17, 15) is 4.79 Å². The molecular weight excluding hydrogens is 200 g/mol. The number of carbonyl (C=O) groups excluding carboxylic acids is 1. The van der Waals surface area contributed by atoms with E-state index < -0.39 is 0 Å². The van der Waals surface area contributed by atoms with Crippen LogP contribution in [0.3, 0.4) is 0 Å². The van der Waals surface area contributed by atoms with Gasteiger partial charge in [0.25, 0.3) is 5.91 Å². The molecule has 0 radical (unpaired) electrons. The van der Waals surface area contributed by atoms with Crippen molar-refractivity contribution in [3.63, 3.8) is 0 Å². The topological polar surface area (TPSA) is 41.1 Å². The van der Waals surface area contributed by atoms with Crippen molar-refractivity contribution >= 4 is 5.91 Å². The fourth-order valence-electron chi connectivity index (χ4n) is 1.21. The zero-order valence-corrected chi connectivity index (χ0v) is 10.4. The number of hydrogen-bond donors (Lipinski definition) is 2. The van der Waals surface area contributed by atoms with Crippen LogP contribution in [0.1, 0.15) is 43.6 Å². The van der Waals surface area contributed by atoms with E-state index in [-0.39, 0.29) is 11.4 Å². The van der Waals surface area contributed by atoms with Crippen molar-refractivity contribution in [2.24, 2.45) is 0 Å². The van der Waals surface area contributed by atoms with Gasteiger partial charge < -0.3 is 0 Å². The summed E-state index contributed by atoms with van der Waals surface area (Å²) in [7, 11) is 0. The first kappa shape index (κ1) is 12.7. The Morgan fingerprint density at radius 1 is 1.19 bits per heavy atom. The quantitative estimate of drug-likeness (QED) is 0.767. The van der Waals surface area contributed by atoms with E-state index in [1.165, 1.54) is 5.56 Å². The van der Waals surface area contributed by atoms with Gasteiger partial charge in [0.1, 0.15) is 0 Å². The first-order chi connectivity index (χ1) is 7.42. The maximum absolute atomic E-state index is 11.7. The fraction of sp³-hybridized carbons (Fsp3) is 0.462. The predicted molar refractivity (Wildman–Crippen MR) is 66.2 cm³/mol. The molecule has 0 aliphatic carbocycles. The number of hydrogen-bond acceptors (Lipinski definition) is 2. The molecule has 0 saturated heterocycles. The highest BCUT2D eigenvalue weighted by Crippen LogP contribution is 2.05. The Balaban J connectivity index is 2.59. The molecule has 16 heavy (non-hydrogen) atoms. The van der Waals surface area contributed by atoms with Crippen molar-refractivity contribution in [2.75, 3.05) is 0 Å². The highest BCUT2D eigenvalue weighted by Gasteiger charge is 2.11. The monoisotopic (exact) mass is 220 g/mol. The van der Waals surface area contributed by atoms with Crippen LogP contribution in [0.2, 0.25) is 0 Å². The summed E-state index contributed by atoms with van der Waals surface area (Å²) in [5, 5.41) is 0. The van der Waals surface area contributed by atoms with E-state index in [4.69, 9.17) is 0 Å². The van der Waals surface area contributed by atoms with Crippen molar-refractivity contribution in [3.8, 4) is 0 Å². The Bertz CT molecular complexity index is 349. The molecule has 0 aliphatic heterocycles. The van der Waals surface area contributed by atoms with E-state index in [1.54, 1.807) is 0 Å². The standard InChI is InChI=1S/C13H20N2O/c1-5-10-6-8-11(9-7-10)12(16)14-15-13(2,3)4/h6-9,15H,5H2,1-4H3,(H,14,16). The molecule has 1 amide bonds. The lowest BCUT2D eigenvalue weighted by atomic mass is 10.1. The molecule has 88 valence electrons. The summed E-state index contributed by atoms with van der Waals surface area (Å²) in [5.41, 5.74) is 7.42. The number of rotatable bonds is 3. The second kappa shape index (κ2) is 5.12. The summed E-state index contributed by atoms with van der Waals surface area (Å²) in [6.07, 6.45) is 0.988. The lowest BCUT2D eigenvalue weighted by Gasteiger charge is -2.20. The minimum atomic E-state index is -0.126. The molecule has 0 aliphatic rings. The molecule has 1 aromatic rings. The van der Waals surface area contributed by atoms with Gasteiger partial charge in [0, 0.05) is 11.1 Å². The summed E-state index contributed by atoms with van der Waals surface area (Å²) in [6.45, 7) is 8.07. The summed E-state index contributed by atoms with van der Waals surface area (Å²) >= 11 is 0. The Hall–Kier alpha value is -1.35. The van der Waals surface area contributed by atoms with Gasteiger partial charge in [-0.3, -0.25) is 10.2 Å². The minimum absolute atomic E-state index is 0.0995. The van der Waals surface area contributed by atoms with Gasteiger partial charge in [-0.1, -0.05) is 19.1 Å². The first-order valence-corrected chi connectivity index (χ1v) is 5.59. The third-order valence-electron chi connectivity index (χ3n) is 2.18. The highest BCUT2D eigenvalue weighted by molar-refractivity contribution is 5.93. The fourth-order valence-corrected chi connectivity index (χ4v) is 1.21. The second-order valence-electron chi connectivity index (χ2n) is 4.88. The normalized spacial score (nSPS) is 11.2. The maximum Gasteiger partial charge on any atom is 0.265 e. The Labute approximate surface area is 97.2 Å². The smallest absolute Gasteiger partial charge is 0.265 e. The molecule has 0 unspecified atom stereocenters. The van der Waals surface area contributed by atoms with Crippen LogP contribution in [-0.2, 0) is 6.42 Å². The predicted octanol–water partition coefficient (Wildman–Crippen LogP) is 2.28. The number of carbonyl (C=O) groups is 1. The van der Waals surface area contributed by atoms with Crippen molar-refractivity contribution < 1.29 is 4.79 Å². The van der Waals surface area contributed by atoms with Crippen LogP contribution in [0.15, 0.2) is 24.3 Å². The van der Waals surface area contributed by atoms with Crippen LogP contribution in [0.25, 0.3) is 0 Å². The summed E-state index contributed by atoms with van der Waals surface area (Å²) < 4.78 is 0. The number of hydrazine groups is 1. The van der Waals surface area contributed by atoms with Gasteiger partial charge in [-0.05, 0) is 44.9 Å². The van der Waals surface area contributed by atoms with E-state index >= 15 is 0 Å². The molecular formula is C13H20N2O. The van der Waals surface area contributed by atoms with E-state index in [0.717, 1.165) is 6.42 Å². The van der Waals surface area contributed by atoms with Crippen molar-refractivity contribution in [1.29, 1.82) is 0 Å². The van der Waals surface area contributed by atoms with Crippen LogP contribution in [-0.4, -0.2) is 11.4 Å². The summed E-state index contributed by atoms with van der Waals surface area (Å²) in [5.74, 6) is -0.0995. The van der Waals surface area contributed by atoms with Gasteiger partial charge in [-0.2, -0.15) is 0 Å². The molecule has 0 saturated carbocycles. The molecule has 1 rings (SSSR count). The number of benzene rings is 1. The minimum Gasteiger partial charge on any atom is -0.287 e. The third-order valence-corrected chi connectivity index (χ3v) is 2.18. The molecule has 1 aromatic carbocycles. The van der Waals surface area contributed by atoms with E-state index in [2.05, 4.69) is 17.8 Å². The molecule has 3 heteroatoms. The Morgan fingerprint density at radius 3 is 2.19 bits per heavy atom. The van der Waals surface area contributed by atoms with Crippen LogP contribution in [0.5, 0.6) is 0 Å². The zero-order chi connectivity index (χ0) is 12.2. The molecule has 0 atom stereocenters. The van der Waals surface area contributed by atoms with E-state index in [1.807, 2.05) is 45.0 Å². The average molecular weight is 220 g/mol. The van der Waals surface area contributed by atoms with Gasteiger partial charge >= 0.3 is 0 Å². The SMILES string of the molecule is CCc1ccc(C(=O)NNC(C)(C)C)cc1. The van der Waals surface area contributed by atoms with Crippen molar-refractivity contribution in [3.05, 3.63) is 35.4 Å². The van der Waals surface area contributed by atoms with Crippen LogP contribution in [0.4, 0.5) is 0 Å². The molecule has 2 N–H and O–H groups in total. The third kappa shape index (κ3) is 4.03.